The Hall–Kier alpha value is -1.57. The molecule has 0 unspecified atom stereocenters. The highest BCUT2D eigenvalue weighted by atomic mass is 35.5. The highest BCUT2D eigenvalue weighted by Crippen LogP contribution is 2.24. The van der Waals surface area contributed by atoms with Crippen LogP contribution in [0.4, 0.5) is 0 Å². The molecule has 1 heterocycles. The maximum atomic E-state index is 8.99. The number of nitriles is 1. The molecule has 1 aromatic heterocycles. The van der Waals surface area contributed by atoms with Gasteiger partial charge in [0.05, 0.1) is 5.69 Å². The minimum absolute atomic E-state index is 0.377. The molecule has 1 aromatic carbocycles. The maximum Gasteiger partial charge on any atom is 0.140 e. The Labute approximate surface area is 121 Å². The third-order valence-electron chi connectivity index (χ3n) is 2.67. The van der Waals surface area contributed by atoms with Crippen LogP contribution in [0.3, 0.4) is 0 Å². The van der Waals surface area contributed by atoms with E-state index in [1.54, 1.807) is 6.07 Å². The first-order chi connectivity index (χ1) is 9.13. The molecule has 0 aliphatic rings. The number of rotatable bonds is 4. The molecule has 0 aliphatic carbocycles. The summed E-state index contributed by atoms with van der Waals surface area (Å²) in [7, 11) is 0. The first-order valence-corrected chi connectivity index (χ1v) is 7.11. The van der Waals surface area contributed by atoms with Crippen molar-refractivity contribution >= 4 is 22.9 Å². The van der Waals surface area contributed by atoms with Gasteiger partial charge in [-0.3, -0.25) is 0 Å². The molecule has 5 heteroatoms. The number of benzene rings is 1. The molecule has 0 bridgehead atoms. The van der Waals surface area contributed by atoms with Crippen LogP contribution in [-0.4, -0.2) is 4.98 Å². The maximum absolute atomic E-state index is 8.99. The molecule has 0 atom stereocenters. The lowest BCUT2D eigenvalue weighted by molar-refractivity contribution is 0.303. The zero-order chi connectivity index (χ0) is 13.8. The zero-order valence-corrected chi connectivity index (χ0v) is 12.3. The quantitative estimate of drug-likeness (QED) is 0.851. The van der Waals surface area contributed by atoms with Gasteiger partial charge >= 0.3 is 0 Å². The molecule has 2 rings (SSSR count). The lowest BCUT2D eigenvalue weighted by Gasteiger charge is -2.07. The van der Waals surface area contributed by atoms with Crippen LogP contribution in [0.2, 0.25) is 5.02 Å². The van der Waals surface area contributed by atoms with E-state index in [1.165, 1.54) is 11.3 Å². The molecule has 3 nitrogen and oxygen atoms in total. The normalized spacial score (nSPS) is 10.2. The van der Waals surface area contributed by atoms with Crippen molar-refractivity contribution in [1.29, 1.82) is 5.26 Å². The molecule has 0 radical (unpaired) electrons. The number of hydrogen-bond acceptors (Lipinski definition) is 4. The van der Waals surface area contributed by atoms with Crippen molar-refractivity contribution < 1.29 is 4.74 Å². The molecule has 0 spiro atoms. The van der Waals surface area contributed by atoms with Crippen molar-refractivity contribution in [3.8, 4) is 11.8 Å². The molecule has 0 saturated carbocycles. The number of thiazole rings is 1. The van der Waals surface area contributed by atoms with Gasteiger partial charge in [-0.05, 0) is 37.1 Å². The van der Waals surface area contributed by atoms with Crippen molar-refractivity contribution in [2.75, 3.05) is 0 Å². The van der Waals surface area contributed by atoms with Crippen LogP contribution in [0.1, 0.15) is 28.1 Å². The van der Waals surface area contributed by atoms with Crippen molar-refractivity contribution in [3.05, 3.63) is 44.4 Å². The van der Waals surface area contributed by atoms with Gasteiger partial charge in [0.25, 0.3) is 0 Å². The van der Waals surface area contributed by atoms with Gasteiger partial charge in [-0.25, -0.2) is 4.98 Å². The van der Waals surface area contributed by atoms with E-state index >= 15 is 0 Å². The molecule has 0 fully saturated rings. The van der Waals surface area contributed by atoms with Crippen LogP contribution in [0, 0.1) is 18.3 Å². The summed E-state index contributed by atoms with van der Waals surface area (Å²) in [6.07, 6.45) is 0.763. The Balaban J connectivity index is 2.10. The van der Waals surface area contributed by atoms with Gasteiger partial charge in [-0.2, -0.15) is 5.26 Å². The first kappa shape index (κ1) is 13.9. The minimum atomic E-state index is 0.377. The lowest BCUT2D eigenvalue weighted by Crippen LogP contribution is -1.96. The molecular formula is C14H13ClN2OS. The van der Waals surface area contributed by atoms with E-state index in [1.807, 2.05) is 26.0 Å². The first-order valence-electron chi connectivity index (χ1n) is 5.91. The molecule has 0 amide bonds. The Bertz CT molecular complexity index is 631. The monoisotopic (exact) mass is 292 g/mol. The van der Waals surface area contributed by atoms with Gasteiger partial charge in [0, 0.05) is 5.02 Å². The topological polar surface area (TPSA) is 45.9 Å². The molecule has 0 aliphatic heterocycles. The number of ether oxygens (including phenoxy) is 1. The SMILES string of the molecule is CCc1nc(COc2ccc(Cl)cc2C)sc1C#N. The second-order valence-electron chi connectivity index (χ2n) is 4.05. The second kappa shape index (κ2) is 6.05. The average molecular weight is 293 g/mol. The van der Waals surface area contributed by atoms with Gasteiger partial charge in [0.2, 0.25) is 0 Å². The van der Waals surface area contributed by atoms with E-state index in [-0.39, 0.29) is 0 Å². The number of aryl methyl sites for hydroxylation is 2. The van der Waals surface area contributed by atoms with Gasteiger partial charge in [-0.15, -0.1) is 11.3 Å². The average Bonchev–Trinajstić information content (AvgIpc) is 2.80. The fourth-order valence-corrected chi connectivity index (χ4v) is 2.79. The second-order valence-corrected chi connectivity index (χ2v) is 5.57. The van der Waals surface area contributed by atoms with E-state index in [4.69, 9.17) is 21.6 Å². The summed E-state index contributed by atoms with van der Waals surface area (Å²) in [5.74, 6) is 0.788. The fourth-order valence-electron chi connectivity index (χ4n) is 1.70. The molecule has 19 heavy (non-hydrogen) atoms. The highest BCUT2D eigenvalue weighted by molar-refractivity contribution is 7.12. The summed E-state index contributed by atoms with van der Waals surface area (Å²) in [6, 6.07) is 7.66. The minimum Gasteiger partial charge on any atom is -0.486 e. The summed E-state index contributed by atoms with van der Waals surface area (Å²) in [4.78, 5) is 5.08. The molecule has 2 aromatic rings. The van der Waals surface area contributed by atoms with Crippen LogP contribution in [0.25, 0.3) is 0 Å². The molecule has 0 saturated heterocycles. The number of nitrogens with zero attached hydrogens (tertiary/aromatic N) is 2. The van der Waals surface area contributed by atoms with E-state index in [2.05, 4.69) is 11.1 Å². The number of aromatic nitrogens is 1. The predicted octanol–water partition coefficient (Wildman–Crippen LogP) is 4.12. The van der Waals surface area contributed by atoms with E-state index in [9.17, 15) is 0 Å². The largest absolute Gasteiger partial charge is 0.486 e. The smallest absolute Gasteiger partial charge is 0.140 e. The number of halogens is 1. The molecule has 98 valence electrons. The Morgan fingerprint density at radius 2 is 2.26 bits per heavy atom. The van der Waals surface area contributed by atoms with Crippen LogP contribution in [0.5, 0.6) is 5.75 Å². The van der Waals surface area contributed by atoms with Crippen molar-refractivity contribution in [2.45, 2.75) is 26.9 Å². The standard InChI is InChI=1S/C14H13ClN2OS/c1-3-11-13(7-16)19-14(17-11)8-18-12-5-4-10(15)6-9(12)2/h4-6H,3,8H2,1-2H3. The van der Waals surface area contributed by atoms with Gasteiger partial charge < -0.3 is 4.74 Å². The van der Waals surface area contributed by atoms with Crippen LogP contribution >= 0.6 is 22.9 Å². The van der Waals surface area contributed by atoms with E-state index in [0.29, 0.717) is 16.5 Å². The molecule has 0 N–H and O–H groups in total. The third kappa shape index (κ3) is 3.25. The number of hydrogen-bond donors (Lipinski definition) is 0. The summed E-state index contributed by atoms with van der Waals surface area (Å²) in [6.45, 7) is 4.31. The summed E-state index contributed by atoms with van der Waals surface area (Å²) in [5.41, 5.74) is 1.83. The third-order valence-corrected chi connectivity index (χ3v) is 3.88. The van der Waals surface area contributed by atoms with Crippen molar-refractivity contribution in [2.24, 2.45) is 0 Å². The van der Waals surface area contributed by atoms with Crippen molar-refractivity contribution in [3.63, 3.8) is 0 Å². The molecular weight excluding hydrogens is 280 g/mol. The summed E-state index contributed by atoms with van der Waals surface area (Å²) in [5, 5.41) is 10.5. The van der Waals surface area contributed by atoms with Gasteiger partial charge in [0.1, 0.15) is 28.3 Å². The van der Waals surface area contributed by atoms with E-state index < -0.39 is 0 Å². The fraction of sp³-hybridized carbons (Fsp3) is 0.286. The summed E-state index contributed by atoms with van der Waals surface area (Å²) < 4.78 is 5.72. The highest BCUT2D eigenvalue weighted by Gasteiger charge is 2.10. The Morgan fingerprint density at radius 3 is 2.84 bits per heavy atom. The zero-order valence-electron chi connectivity index (χ0n) is 10.7. The van der Waals surface area contributed by atoms with Crippen molar-refractivity contribution in [1.82, 2.24) is 4.98 Å². The summed E-state index contributed by atoms with van der Waals surface area (Å²) >= 11 is 7.28. The lowest BCUT2D eigenvalue weighted by atomic mass is 10.2. The van der Waals surface area contributed by atoms with Gasteiger partial charge in [-0.1, -0.05) is 18.5 Å². The Morgan fingerprint density at radius 1 is 1.47 bits per heavy atom. The predicted molar refractivity (Wildman–Crippen MR) is 76.7 cm³/mol. The Kier molecular flexibility index (Phi) is 4.41. The van der Waals surface area contributed by atoms with Crippen LogP contribution in [-0.2, 0) is 13.0 Å². The van der Waals surface area contributed by atoms with E-state index in [0.717, 1.165) is 28.4 Å². The van der Waals surface area contributed by atoms with Crippen LogP contribution in [0.15, 0.2) is 18.2 Å². The van der Waals surface area contributed by atoms with Crippen LogP contribution < -0.4 is 4.74 Å². The van der Waals surface area contributed by atoms with Gasteiger partial charge in [0.15, 0.2) is 0 Å².